The van der Waals surface area contributed by atoms with E-state index in [0.29, 0.717) is 10.1 Å². The summed E-state index contributed by atoms with van der Waals surface area (Å²) in [5.41, 5.74) is 0.241. The third-order valence-corrected chi connectivity index (χ3v) is 4.10. The predicted octanol–water partition coefficient (Wildman–Crippen LogP) is 2.62. The number of thiophene rings is 1. The Labute approximate surface area is 112 Å². The van der Waals surface area contributed by atoms with Crippen molar-refractivity contribution in [3.05, 3.63) is 28.1 Å². The Hall–Kier alpha value is -1.31. The second kappa shape index (κ2) is 4.42. The van der Waals surface area contributed by atoms with Crippen LogP contribution in [0.2, 0.25) is 5.02 Å². The highest BCUT2D eigenvalue weighted by Gasteiger charge is 2.12. The SMILES string of the molecule is CS(=O)(=O)Nc1cc2sc(C(=O)O)cc2cc1Cl. The first-order valence-corrected chi connectivity index (χ1v) is 7.79. The molecule has 0 unspecified atom stereocenters. The second-order valence-corrected chi connectivity index (χ2v) is 6.90. The van der Waals surface area contributed by atoms with Crippen LogP contribution < -0.4 is 4.72 Å². The van der Waals surface area contributed by atoms with Gasteiger partial charge in [-0.05, 0) is 23.6 Å². The Kier molecular flexibility index (Phi) is 3.22. The normalized spacial score (nSPS) is 11.7. The van der Waals surface area contributed by atoms with Gasteiger partial charge in [-0.15, -0.1) is 11.3 Å². The number of halogens is 1. The van der Waals surface area contributed by atoms with E-state index in [2.05, 4.69) is 4.72 Å². The van der Waals surface area contributed by atoms with E-state index < -0.39 is 16.0 Å². The molecule has 0 amide bonds. The molecule has 96 valence electrons. The fraction of sp³-hybridized carbons (Fsp3) is 0.100. The lowest BCUT2D eigenvalue weighted by atomic mass is 10.2. The van der Waals surface area contributed by atoms with E-state index in [1.807, 2.05) is 0 Å². The van der Waals surface area contributed by atoms with Crippen molar-refractivity contribution in [3.63, 3.8) is 0 Å². The van der Waals surface area contributed by atoms with Gasteiger partial charge in [-0.25, -0.2) is 13.2 Å². The van der Waals surface area contributed by atoms with Crippen LogP contribution in [0.4, 0.5) is 5.69 Å². The summed E-state index contributed by atoms with van der Waals surface area (Å²) in [6.45, 7) is 0. The monoisotopic (exact) mass is 305 g/mol. The highest BCUT2D eigenvalue weighted by atomic mass is 35.5. The lowest BCUT2D eigenvalue weighted by Crippen LogP contribution is -2.09. The lowest BCUT2D eigenvalue weighted by Gasteiger charge is -2.05. The van der Waals surface area contributed by atoms with E-state index in [1.54, 1.807) is 0 Å². The number of fused-ring (bicyclic) bond motifs is 1. The molecule has 1 aromatic carbocycles. The molecule has 8 heteroatoms. The van der Waals surface area contributed by atoms with Gasteiger partial charge in [0, 0.05) is 4.70 Å². The van der Waals surface area contributed by atoms with Crippen LogP contribution in [0.1, 0.15) is 9.67 Å². The first-order chi connectivity index (χ1) is 8.26. The summed E-state index contributed by atoms with van der Waals surface area (Å²) >= 11 is 6.99. The van der Waals surface area contributed by atoms with Crippen molar-refractivity contribution in [1.29, 1.82) is 0 Å². The number of rotatable bonds is 3. The molecule has 0 aliphatic carbocycles. The van der Waals surface area contributed by atoms with Gasteiger partial charge in [-0.2, -0.15) is 0 Å². The van der Waals surface area contributed by atoms with E-state index >= 15 is 0 Å². The van der Waals surface area contributed by atoms with Gasteiger partial charge in [0.05, 0.1) is 17.0 Å². The summed E-state index contributed by atoms with van der Waals surface area (Å²) < 4.78 is 25.2. The van der Waals surface area contributed by atoms with Crippen LogP contribution in [0.25, 0.3) is 10.1 Å². The van der Waals surface area contributed by atoms with Crippen LogP contribution in [0.5, 0.6) is 0 Å². The number of aromatic carboxylic acids is 1. The standard InChI is InChI=1S/C10H8ClNO4S2/c1-18(15,16)12-7-4-8-5(2-6(7)11)3-9(17-8)10(13)14/h2-4,12H,1H3,(H,13,14). The second-order valence-electron chi connectivity index (χ2n) is 3.66. The number of carboxylic acids is 1. The molecule has 5 nitrogen and oxygen atoms in total. The Morgan fingerprint density at radius 1 is 1.39 bits per heavy atom. The fourth-order valence-corrected chi connectivity index (χ4v) is 3.21. The van der Waals surface area contributed by atoms with E-state index in [4.69, 9.17) is 16.7 Å². The van der Waals surface area contributed by atoms with Gasteiger partial charge in [-0.1, -0.05) is 11.6 Å². The Morgan fingerprint density at radius 3 is 2.61 bits per heavy atom. The van der Waals surface area contributed by atoms with Crippen molar-refractivity contribution >= 4 is 54.7 Å². The maximum atomic E-state index is 11.1. The summed E-state index contributed by atoms with van der Waals surface area (Å²) in [6, 6.07) is 4.56. The van der Waals surface area contributed by atoms with Gasteiger partial charge in [-0.3, -0.25) is 4.72 Å². The van der Waals surface area contributed by atoms with Gasteiger partial charge < -0.3 is 5.11 Å². The number of hydrogen-bond acceptors (Lipinski definition) is 4. The van der Waals surface area contributed by atoms with Crippen molar-refractivity contribution in [1.82, 2.24) is 0 Å². The van der Waals surface area contributed by atoms with Crippen molar-refractivity contribution in [3.8, 4) is 0 Å². The van der Waals surface area contributed by atoms with E-state index in [-0.39, 0.29) is 15.6 Å². The molecule has 0 saturated carbocycles. The van der Waals surface area contributed by atoms with Crippen molar-refractivity contribution < 1.29 is 18.3 Å². The molecular formula is C10H8ClNO4S2. The number of nitrogens with one attached hydrogen (secondary N) is 1. The molecule has 0 aliphatic heterocycles. The number of benzene rings is 1. The largest absolute Gasteiger partial charge is 0.477 e. The van der Waals surface area contributed by atoms with E-state index in [0.717, 1.165) is 17.6 Å². The van der Waals surface area contributed by atoms with Crippen LogP contribution in [0.15, 0.2) is 18.2 Å². The smallest absolute Gasteiger partial charge is 0.345 e. The van der Waals surface area contributed by atoms with Crippen molar-refractivity contribution in [2.45, 2.75) is 0 Å². The molecule has 2 rings (SSSR count). The van der Waals surface area contributed by atoms with Crippen molar-refractivity contribution in [2.24, 2.45) is 0 Å². The third kappa shape index (κ3) is 2.74. The predicted molar refractivity (Wildman–Crippen MR) is 72.3 cm³/mol. The van der Waals surface area contributed by atoms with E-state index in [1.165, 1.54) is 18.2 Å². The maximum absolute atomic E-state index is 11.1. The molecule has 18 heavy (non-hydrogen) atoms. The summed E-state index contributed by atoms with van der Waals surface area (Å²) in [6.07, 6.45) is 1.02. The maximum Gasteiger partial charge on any atom is 0.345 e. The summed E-state index contributed by atoms with van der Waals surface area (Å²) in [7, 11) is -3.42. The quantitative estimate of drug-likeness (QED) is 0.913. The summed E-state index contributed by atoms with van der Waals surface area (Å²) in [5, 5.41) is 9.77. The zero-order valence-corrected chi connectivity index (χ0v) is 11.5. The molecule has 0 radical (unpaired) electrons. The van der Waals surface area contributed by atoms with Crippen molar-refractivity contribution in [2.75, 3.05) is 11.0 Å². The number of carbonyl (C=O) groups is 1. The molecule has 1 aromatic heterocycles. The average molecular weight is 306 g/mol. The van der Waals surface area contributed by atoms with Gasteiger partial charge >= 0.3 is 5.97 Å². The third-order valence-electron chi connectivity index (χ3n) is 2.11. The van der Waals surface area contributed by atoms with Gasteiger partial charge in [0.2, 0.25) is 10.0 Å². The summed E-state index contributed by atoms with van der Waals surface area (Å²) in [4.78, 5) is 11.0. The molecule has 1 heterocycles. The fourth-order valence-electron chi connectivity index (χ4n) is 1.44. The van der Waals surface area contributed by atoms with Crippen LogP contribution in [-0.2, 0) is 10.0 Å². The zero-order chi connectivity index (χ0) is 13.5. The van der Waals surface area contributed by atoms with Crippen LogP contribution in [0, 0.1) is 0 Å². The van der Waals surface area contributed by atoms with Gasteiger partial charge in [0.25, 0.3) is 0 Å². The van der Waals surface area contributed by atoms with Gasteiger partial charge in [0.1, 0.15) is 4.88 Å². The number of anilines is 1. The first kappa shape index (κ1) is 13.1. The number of carboxylic acid groups (broad SMARTS) is 1. The lowest BCUT2D eigenvalue weighted by molar-refractivity contribution is 0.0702. The number of hydrogen-bond donors (Lipinski definition) is 2. The molecular weight excluding hydrogens is 298 g/mol. The highest BCUT2D eigenvalue weighted by molar-refractivity contribution is 7.92. The molecule has 2 N–H and O–H groups in total. The molecule has 0 bridgehead atoms. The molecule has 0 aliphatic rings. The highest BCUT2D eigenvalue weighted by Crippen LogP contribution is 2.33. The minimum absolute atomic E-state index is 0.178. The number of sulfonamides is 1. The Balaban J connectivity index is 2.57. The first-order valence-electron chi connectivity index (χ1n) is 4.70. The zero-order valence-electron chi connectivity index (χ0n) is 9.10. The Morgan fingerprint density at radius 2 is 2.06 bits per heavy atom. The van der Waals surface area contributed by atoms with Crippen LogP contribution in [-0.4, -0.2) is 25.7 Å². The molecule has 0 saturated heterocycles. The van der Waals surface area contributed by atoms with E-state index in [9.17, 15) is 13.2 Å². The van der Waals surface area contributed by atoms with Crippen LogP contribution >= 0.6 is 22.9 Å². The molecule has 2 aromatic rings. The molecule has 0 atom stereocenters. The molecule has 0 spiro atoms. The van der Waals surface area contributed by atoms with Gasteiger partial charge in [0.15, 0.2) is 0 Å². The van der Waals surface area contributed by atoms with Crippen LogP contribution in [0.3, 0.4) is 0 Å². The topological polar surface area (TPSA) is 83.5 Å². The minimum Gasteiger partial charge on any atom is -0.477 e. The minimum atomic E-state index is -3.42. The Bertz CT molecular complexity index is 736. The average Bonchev–Trinajstić information content (AvgIpc) is 2.59. The summed E-state index contributed by atoms with van der Waals surface area (Å²) in [5.74, 6) is -1.02. The molecule has 0 fully saturated rings.